The third-order valence-electron chi connectivity index (χ3n) is 2.03. The van der Waals surface area contributed by atoms with E-state index in [-0.39, 0.29) is 6.42 Å². The molecule has 1 aliphatic rings. The van der Waals surface area contributed by atoms with E-state index >= 15 is 0 Å². The molecule has 1 aliphatic heterocycles. The van der Waals surface area contributed by atoms with Crippen molar-refractivity contribution in [3.63, 3.8) is 0 Å². The van der Waals surface area contributed by atoms with Gasteiger partial charge in [-0.05, 0) is 20.3 Å². The lowest BCUT2D eigenvalue weighted by atomic mass is 10.0. The van der Waals surface area contributed by atoms with Gasteiger partial charge in [-0.15, -0.1) is 6.58 Å². The molecule has 0 aromatic carbocycles. The fourth-order valence-corrected chi connectivity index (χ4v) is 1.37. The maximum atomic E-state index is 13.3. The number of allylic oxidation sites excluding steroid dienone is 1. The Morgan fingerprint density at radius 2 is 2.33 bits per heavy atom. The minimum absolute atomic E-state index is 0.0728. The second-order valence-electron chi connectivity index (χ2n) is 4.21. The predicted molar refractivity (Wildman–Crippen MR) is 56.6 cm³/mol. The number of halogens is 1. The van der Waals surface area contributed by atoms with Crippen LogP contribution in [0.5, 0.6) is 0 Å². The molecule has 0 saturated carbocycles. The van der Waals surface area contributed by atoms with E-state index in [1.54, 1.807) is 6.08 Å². The maximum absolute atomic E-state index is 13.3. The summed E-state index contributed by atoms with van der Waals surface area (Å²) in [6.07, 6.45) is 3.06. The van der Waals surface area contributed by atoms with Crippen molar-refractivity contribution >= 4 is 11.9 Å². The molecule has 0 bridgehead atoms. The van der Waals surface area contributed by atoms with Crippen molar-refractivity contribution in [2.75, 3.05) is 0 Å². The van der Waals surface area contributed by atoms with Gasteiger partial charge in [0, 0.05) is 12.8 Å². The molecule has 0 aromatic heterocycles. The number of hydrogen-bond acceptors (Lipinski definition) is 3. The molecule has 0 radical (unpaired) electrons. The Labute approximate surface area is 89.0 Å². The maximum Gasteiger partial charge on any atom is 0.337 e. The molecule has 1 rings (SSSR count). The summed E-state index contributed by atoms with van der Waals surface area (Å²) in [6, 6.07) is -0.676. The Morgan fingerprint density at radius 1 is 1.67 bits per heavy atom. The number of carbonyl (C=O) groups excluding carboxylic acids is 1. The van der Waals surface area contributed by atoms with E-state index < -0.39 is 17.7 Å². The van der Waals surface area contributed by atoms with Gasteiger partial charge in [0.2, 0.25) is 0 Å². The minimum Gasteiger partial charge on any atom is -0.410 e. The molecular formula is C11H16FNO2. The average molecular weight is 213 g/mol. The first-order valence-electron chi connectivity index (χ1n) is 5.00. The molecule has 0 N–H and O–H groups in total. The molecule has 84 valence electrons. The van der Waals surface area contributed by atoms with Crippen LogP contribution in [0.2, 0.25) is 0 Å². The largest absolute Gasteiger partial charge is 0.410 e. The molecule has 0 amide bonds. The standard InChI is InChI=1S/C11H16FNO2/c1-4-5-6-9-13-8(10(14)15-9)7-11(2,3)12/h4,8H,1,5-7H2,2-3H3. The number of alkyl halides is 1. The van der Waals surface area contributed by atoms with Gasteiger partial charge in [-0.2, -0.15) is 0 Å². The summed E-state index contributed by atoms with van der Waals surface area (Å²) >= 11 is 0. The van der Waals surface area contributed by atoms with Crippen LogP contribution in [0, 0.1) is 0 Å². The first-order valence-corrected chi connectivity index (χ1v) is 5.00. The first-order chi connectivity index (χ1) is 6.92. The summed E-state index contributed by atoms with van der Waals surface area (Å²) in [5, 5.41) is 0. The van der Waals surface area contributed by atoms with Crippen molar-refractivity contribution in [1.29, 1.82) is 0 Å². The highest BCUT2D eigenvalue weighted by Gasteiger charge is 2.33. The molecule has 3 nitrogen and oxygen atoms in total. The molecule has 0 aromatic rings. The van der Waals surface area contributed by atoms with Crippen molar-refractivity contribution in [3.8, 4) is 0 Å². The van der Waals surface area contributed by atoms with Crippen LogP contribution in [0.4, 0.5) is 4.39 Å². The minimum atomic E-state index is -1.40. The molecule has 0 saturated heterocycles. The van der Waals surface area contributed by atoms with Crippen molar-refractivity contribution in [3.05, 3.63) is 12.7 Å². The summed E-state index contributed by atoms with van der Waals surface area (Å²) in [6.45, 7) is 6.42. The molecule has 0 aliphatic carbocycles. The van der Waals surface area contributed by atoms with E-state index in [1.807, 2.05) is 0 Å². The van der Waals surface area contributed by atoms with E-state index in [9.17, 15) is 9.18 Å². The molecule has 1 heterocycles. The van der Waals surface area contributed by atoms with E-state index in [1.165, 1.54) is 13.8 Å². The average Bonchev–Trinajstić information content (AvgIpc) is 2.41. The topological polar surface area (TPSA) is 38.7 Å². The molecular weight excluding hydrogens is 197 g/mol. The van der Waals surface area contributed by atoms with Crippen molar-refractivity contribution in [1.82, 2.24) is 0 Å². The number of hydrogen-bond donors (Lipinski definition) is 0. The number of rotatable bonds is 5. The number of carbonyl (C=O) groups is 1. The molecule has 4 heteroatoms. The van der Waals surface area contributed by atoms with Crippen molar-refractivity contribution in [2.45, 2.75) is 44.8 Å². The number of ether oxygens (including phenoxy) is 1. The highest BCUT2D eigenvalue weighted by molar-refractivity contribution is 5.97. The number of nitrogens with zero attached hydrogens (tertiary/aromatic N) is 1. The lowest BCUT2D eigenvalue weighted by Crippen LogP contribution is -2.25. The lowest BCUT2D eigenvalue weighted by Gasteiger charge is -2.14. The van der Waals surface area contributed by atoms with Gasteiger partial charge < -0.3 is 4.74 Å². The smallest absolute Gasteiger partial charge is 0.337 e. The van der Waals surface area contributed by atoms with Crippen LogP contribution < -0.4 is 0 Å². The van der Waals surface area contributed by atoms with Gasteiger partial charge in [-0.3, -0.25) is 0 Å². The van der Waals surface area contributed by atoms with Crippen LogP contribution in [0.3, 0.4) is 0 Å². The zero-order valence-corrected chi connectivity index (χ0v) is 9.12. The van der Waals surface area contributed by atoms with Crippen LogP contribution >= 0.6 is 0 Å². The van der Waals surface area contributed by atoms with E-state index in [0.717, 1.165) is 0 Å². The quantitative estimate of drug-likeness (QED) is 0.519. The molecule has 0 spiro atoms. The van der Waals surface area contributed by atoms with Gasteiger partial charge in [0.15, 0.2) is 11.9 Å². The van der Waals surface area contributed by atoms with Gasteiger partial charge in [0.25, 0.3) is 0 Å². The van der Waals surface area contributed by atoms with Gasteiger partial charge >= 0.3 is 5.97 Å². The summed E-state index contributed by atoms with van der Waals surface area (Å²) < 4.78 is 18.2. The lowest BCUT2D eigenvalue weighted by molar-refractivity contribution is -0.135. The Kier molecular flexibility index (Phi) is 3.61. The normalized spacial score (nSPS) is 21.1. The Balaban J connectivity index is 2.55. The van der Waals surface area contributed by atoms with Crippen LogP contribution in [-0.2, 0) is 9.53 Å². The SMILES string of the molecule is C=CCCC1=NC(CC(C)(C)F)C(=O)O1. The summed E-state index contributed by atoms with van der Waals surface area (Å²) in [5.41, 5.74) is -1.40. The third-order valence-corrected chi connectivity index (χ3v) is 2.03. The Bertz CT molecular complexity index is 291. The molecule has 1 unspecified atom stereocenters. The predicted octanol–water partition coefficient (Wildman–Crippen LogP) is 2.41. The summed E-state index contributed by atoms with van der Waals surface area (Å²) in [7, 11) is 0. The van der Waals surface area contributed by atoms with Crippen molar-refractivity contribution in [2.24, 2.45) is 4.99 Å². The van der Waals surface area contributed by atoms with E-state index in [4.69, 9.17) is 4.74 Å². The second kappa shape index (κ2) is 4.55. The number of aliphatic imine (C=N–C) groups is 1. The first kappa shape index (κ1) is 11.9. The van der Waals surface area contributed by atoms with E-state index in [0.29, 0.717) is 18.7 Å². The molecule has 1 atom stereocenters. The zero-order chi connectivity index (χ0) is 11.5. The number of esters is 1. The highest BCUT2D eigenvalue weighted by Crippen LogP contribution is 2.22. The second-order valence-corrected chi connectivity index (χ2v) is 4.21. The van der Waals surface area contributed by atoms with Crippen LogP contribution in [0.15, 0.2) is 17.6 Å². The van der Waals surface area contributed by atoms with Crippen LogP contribution in [0.25, 0.3) is 0 Å². The summed E-state index contributed by atoms with van der Waals surface area (Å²) in [5.74, 6) is -0.0473. The van der Waals surface area contributed by atoms with Crippen LogP contribution in [-0.4, -0.2) is 23.6 Å². The van der Waals surface area contributed by atoms with Gasteiger partial charge in [0.05, 0.1) is 0 Å². The fourth-order valence-electron chi connectivity index (χ4n) is 1.37. The zero-order valence-electron chi connectivity index (χ0n) is 9.12. The van der Waals surface area contributed by atoms with Gasteiger partial charge in [0.1, 0.15) is 5.67 Å². The molecule has 0 fully saturated rings. The highest BCUT2D eigenvalue weighted by atomic mass is 19.1. The van der Waals surface area contributed by atoms with E-state index in [2.05, 4.69) is 11.6 Å². The monoisotopic (exact) mass is 213 g/mol. The Hall–Kier alpha value is -1.19. The fraction of sp³-hybridized carbons (Fsp3) is 0.636. The van der Waals surface area contributed by atoms with Crippen molar-refractivity contribution < 1.29 is 13.9 Å². The Morgan fingerprint density at radius 3 is 2.87 bits per heavy atom. The molecule has 15 heavy (non-hydrogen) atoms. The third kappa shape index (κ3) is 3.81. The van der Waals surface area contributed by atoms with Gasteiger partial charge in [-0.1, -0.05) is 6.08 Å². The number of cyclic esters (lactones) is 1. The summed E-state index contributed by atoms with van der Waals surface area (Å²) in [4.78, 5) is 15.3. The van der Waals surface area contributed by atoms with Gasteiger partial charge in [-0.25, -0.2) is 14.2 Å². The van der Waals surface area contributed by atoms with Crippen LogP contribution in [0.1, 0.15) is 33.1 Å².